The van der Waals surface area contributed by atoms with Crippen molar-refractivity contribution >= 4 is 29.2 Å². The van der Waals surface area contributed by atoms with E-state index in [1.54, 1.807) is 22.3 Å². The molecule has 0 unspecified atom stereocenters. The molecule has 1 fully saturated rings. The topological polar surface area (TPSA) is 82.5 Å². The van der Waals surface area contributed by atoms with Crippen molar-refractivity contribution in [2.24, 2.45) is 0 Å². The zero-order valence-electron chi connectivity index (χ0n) is 12.8. The third-order valence-corrected chi connectivity index (χ3v) is 4.39. The van der Waals surface area contributed by atoms with Gasteiger partial charge in [0.2, 0.25) is 11.8 Å². The van der Waals surface area contributed by atoms with Gasteiger partial charge in [0, 0.05) is 31.5 Å². The van der Waals surface area contributed by atoms with Crippen molar-refractivity contribution in [2.75, 3.05) is 13.1 Å². The maximum absolute atomic E-state index is 12.2. The predicted molar refractivity (Wildman–Crippen MR) is 85.3 cm³/mol. The molecule has 1 saturated heterocycles. The molecule has 120 valence electrons. The van der Waals surface area contributed by atoms with E-state index in [1.165, 1.54) is 13.0 Å². The second-order valence-electron chi connectivity index (χ2n) is 5.40. The first-order valence-corrected chi connectivity index (χ1v) is 8.18. The number of thiazole rings is 1. The molecule has 0 aliphatic carbocycles. The summed E-state index contributed by atoms with van der Waals surface area (Å²) in [6.07, 6.45) is 3.61. The van der Waals surface area contributed by atoms with Gasteiger partial charge >= 0.3 is 0 Å². The number of aliphatic hydroxyl groups excluding tert-OH is 1. The van der Waals surface area contributed by atoms with Gasteiger partial charge in [-0.1, -0.05) is 0 Å². The van der Waals surface area contributed by atoms with Crippen LogP contribution in [0.5, 0.6) is 0 Å². The lowest BCUT2D eigenvalue weighted by molar-refractivity contribution is -0.126. The normalized spacial score (nSPS) is 22.6. The number of aryl methyl sites for hydroxylation is 1. The first-order valence-electron chi connectivity index (χ1n) is 7.30. The molecule has 2 atom stereocenters. The van der Waals surface area contributed by atoms with Gasteiger partial charge in [0.05, 0.1) is 22.8 Å². The molecule has 0 aromatic carbocycles. The molecule has 0 saturated carbocycles. The summed E-state index contributed by atoms with van der Waals surface area (Å²) in [5.41, 5.74) is 0.779. The van der Waals surface area contributed by atoms with Crippen molar-refractivity contribution in [1.29, 1.82) is 0 Å². The van der Waals surface area contributed by atoms with Crippen LogP contribution in [0.1, 0.15) is 30.5 Å². The van der Waals surface area contributed by atoms with Crippen LogP contribution in [0.25, 0.3) is 6.08 Å². The van der Waals surface area contributed by atoms with Crippen molar-refractivity contribution < 1.29 is 14.7 Å². The van der Waals surface area contributed by atoms with Gasteiger partial charge in [0.25, 0.3) is 0 Å². The fraction of sp³-hybridized carbons (Fsp3) is 0.533. The summed E-state index contributed by atoms with van der Waals surface area (Å²) in [7, 11) is 0. The van der Waals surface area contributed by atoms with E-state index in [2.05, 4.69) is 10.3 Å². The first-order chi connectivity index (χ1) is 10.5. The Morgan fingerprint density at radius 3 is 2.82 bits per heavy atom. The lowest BCUT2D eigenvalue weighted by Crippen LogP contribution is -2.42. The molecule has 0 spiro atoms. The summed E-state index contributed by atoms with van der Waals surface area (Å²) in [4.78, 5) is 29.3. The Morgan fingerprint density at radius 2 is 2.18 bits per heavy atom. The Kier molecular flexibility index (Phi) is 5.68. The predicted octanol–water partition coefficient (Wildman–Crippen LogP) is 0.953. The summed E-state index contributed by atoms with van der Waals surface area (Å²) >= 11 is 1.54. The number of amides is 2. The molecule has 1 aromatic heterocycles. The maximum atomic E-state index is 12.2. The summed E-state index contributed by atoms with van der Waals surface area (Å²) in [6, 6.07) is -0.291. The third-order valence-electron chi connectivity index (χ3n) is 3.60. The van der Waals surface area contributed by atoms with Gasteiger partial charge in [0.1, 0.15) is 0 Å². The summed E-state index contributed by atoms with van der Waals surface area (Å²) in [5, 5.41) is 15.6. The number of aromatic nitrogens is 1. The number of likely N-dealkylation sites (tertiary alicyclic amines) is 1. The van der Waals surface area contributed by atoms with Crippen LogP contribution in [0.15, 0.2) is 11.5 Å². The molecule has 6 nitrogen and oxygen atoms in total. The van der Waals surface area contributed by atoms with Crippen LogP contribution < -0.4 is 5.32 Å². The van der Waals surface area contributed by atoms with E-state index in [0.717, 1.165) is 10.7 Å². The van der Waals surface area contributed by atoms with Gasteiger partial charge in [0.15, 0.2) is 0 Å². The average molecular weight is 323 g/mol. The second-order valence-corrected chi connectivity index (χ2v) is 6.46. The van der Waals surface area contributed by atoms with E-state index in [4.69, 9.17) is 0 Å². The smallest absolute Gasteiger partial charge is 0.246 e. The minimum atomic E-state index is -0.619. The highest BCUT2D eigenvalue weighted by Crippen LogP contribution is 2.14. The van der Waals surface area contributed by atoms with Gasteiger partial charge in [-0.15, -0.1) is 11.3 Å². The Morgan fingerprint density at radius 1 is 1.45 bits per heavy atom. The van der Waals surface area contributed by atoms with Crippen LogP contribution in [-0.2, 0) is 9.59 Å². The molecule has 2 heterocycles. The van der Waals surface area contributed by atoms with E-state index in [0.29, 0.717) is 25.9 Å². The largest absolute Gasteiger partial charge is 0.391 e. The third kappa shape index (κ3) is 4.64. The van der Waals surface area contributed by atoms with E-state index < -0.39 is 6.10 Å². The summed E-state index contributed by atoms with van der Waals surface area (Å²) in [5.74, 6) is -0.260. The Balaban J connectivity index is 1.93. The summed E-state index contributed by atoms with van der Waals surface area (Å²) < 4.78 is 0. The maximum Gasteiger partial charge on any atom is 0.246 e. The van der Waals surface area contributed by atoms with Crippen molar-refractivity contribution in [3.63, 3.8) is 0 Å². The second kappa shape index (κ2) is 7.51. The van der Waals surface area contributed by atoms with E-state index in [-0.39, 0.29) is 17.9 Å². The molecule has 0 radical (unpaired) electrons. The van der Waals surface area contributed by atoms with Crippen molar-refractivity contribution in [1.82, 2.24) is 15.2 Å². The van der Waals surface area contributed by atoms with Crippen LogP contribution >= 0.6 is 11.3 Å². The monoisotopic (exact) mass is 323 g/mol. The molecular weight excluding hydrogens is 302 g/mol. The number of carbonyl (C=O) groups excluding carboxylic acids is 2. The highest BCUT2D eigenvalue weighted by Gasteiger charge is 2.26. The van der Waals surface area contributed by atoms with Crippen LogP contribution in [0.4, 0.5) is 0 Å². The Hall–Kier alpha value is -1.73. The lowest BCUT2D eigenvalue weighted by atomic mass is 10.1. The summed E-state index contributed by atoms with van der Waals surface area (Å²) in [6.45, 7) is 4.35. The van der Waals surface area contributed by atoms with Crippen LogP contribution in [0, 0.1) is 6.92 Å². The van der Waals surface area contributed by atoms with Gasteiger partial charge in [-0.2, -0.15) is 0 Å². The fourth-order valence-electron chi connectivity index (χ4n) is 2.46. The van der Waals surface area contributed by atoms with Gasteiger partial charge in [-0.05, 0) is 25.8 Å². The standard InChI is InChI=1S/C15H21N3O3S/c1-10(19)16-13-5-7-18(8-6-14(13)20)15(21)4-3-12-9-22-11(2)17-12/h3-4,9,13-14,20H,5-8H2,1-2H3,(H,16,19)/b4-3+/t13-,14-/m0/s1. The number of carbonyl (C=O) groups is 2. The van der Waals surface area contributed by atoms with E-state index in [9.17, 15) is 14.7 Å². The molecule has 7 heteroatoms. The molecule has 2 amide bonds. The molecule has 22 heavy (non-hydrogen) atoms. The Bertz CT molecular complexity index is 570. The molecule has 1 aromatic rings. The SMILES string of the molecule is CC(=O)N[C@H]1CCN(C(=O)/C=C/c2csc(C)n2)CC[C@@H]1O. The van der Waals surface area contributed by atoms with Crippen molar-refractivity contribution in [2.45, 2.75) is 38.8 Å². The van der Waals surface area contributed by atoms with Gasteiger partial charge in [-0.3, -0.25) is 9.59 Å². The minimum Gasteiger partial charge on any atom is -0.391 e. The molecule has 0 bridgehead atoms. The molecule has 1 aliphatic rings. The Labute approximate surface area is 133 Å². The lowest BCUT2D eigenvalue weighted by Gasteiger charge is -2.20. The van der Waals surface area contributed by atoms with Gasteiger partial charge < -0.3 is 15.3 Å². The quantitative estimate of drug-likeness (QED) is 0.812. The van der Waals surface area contributed by atoms with Crippen molar-refractivity contribution in [3.8, 4) is 0 Å². The molecule has 2 N–H and O–H groups in total. The zero-order valence-corrected chi connectivity index (χ0v) is 13.6. The minimum absolute atomic E-state index is 0.0960. The number of rotatable bonds is 3. The van der Waals surface area contributed by atoms with Gasteiger partial charge in [-0.25, -0.2) is 4.98 Å². The highest BCUT2D eigenvalue weighted by atomic mass is 32.1. The zero-order chi connectivity index (χ0) is 16.1. The van der Waals surface area contributed by atoms with Crippen LogP contribution in [0.2, 0.25) is 0 Å². The van der Waals surface area contributed by atoms with E-state index >= 15 is 0 Å². The number of nitrogens with one attached hydrogen (secondary N) is 1. The van der Waals surface area contributed by atoms with Crippen LogP contribution in [0.3, 0.4) is 0 Å². The number of nitrogens with zero attached hydrogens (tertiary/aromatic N) is 2. The van der Waals surface area contributed by atoms with Crippen molar-refractivity contribution in [3.05, 3.63) is 22.2 Å². The van der Waals surface area contributed by atoms with Crippen LogP contribution in [-0.4, -0.2) is 52.0 Å². The molecular formula is C15H21N3O3S. The van der Waals surface area contributed by atoms with E-state index in [1.807, 2.05) is 12.3 Å². The fourth-order valence-corrected chi connectivity index (χ4v) is 3.04. The number of hydrogen-bond acceptors (Lipinski definition) is 5. The first kappa shape index (κ1) is 16.6. The average Bonchev–Trinajstić information content (AvgIpc) is 2.79. The number of hydrogen-bond donors (Lipinski definition) is 2. The number of aliphatic hydroxyl groups is 1. The molecule has 2 rings (SSSR count). The molecule has 1 aliphatic heterocycles. The highest BCUT2D eigenvalue weighted by molar-refractivity contribution is 7.09.